The summed E-state index contributed by atoms with van der Waals surface area (Å²) in [6.45, 7) is 6.30. The molecule has 0 unspecified atom stereocenters. The lowest BCUT2D eigenvalue weighted by Crippen LogP contribution is -2.20. The van der Waals surface area contributed by atoms with E-state index in [4.69, 9.17) is 17.3 Å². The van der Waals surface area contributed by atoms with Crippen LogP contribution in [0.5, 0.6) is 0 Å². The SMILES string of the molecule is CCc1nn(CC)c(CNCCCC(N)=O)c1Cl. The van der Waals surface area contributed by atoms with E-state index in [1.165, 1.54) is 0 Å². The van der Waals surface area contributed by atoms with Crippen molar-refractivity contribution in [3.05, 3.63) is 16.4 Å². The maximum absolute atomic E-state index is 10.6. The quantitative estimate of drug-likeness (QED) is 0.704. The fourth-order valence-corrected chi connectivity index (χ4v) is 2.12. The van der Waals surface area contributed by atoms with Gasteiger partial charge in [-0.15, -0.1) is 0 Å². The molecule has 6 heteroatoms. The van der Waals surface area contributed by atoms with Gasteiger partial charge in [0.1, 0.15) is 0 Å². The third-order valence-electron chi connectivity index (χ3n) is 2.76. The first-order chi connectivity index (χ1) is 8.60. The maximum atomic E-state index is 10.6. The molecule has 0 aliphatic rings. The van der Waals surface area contributed by atoms with Crippen LogP contribution in [0.3, 0.4) is 0 Å². The molecule has 0 spiro atoms. The minimum atomic E-state index is -0.262. The fraction of sp³-hybridized carbons (Fsp3) is 0.667. The molecule has 0 radical (unpaired) electrons. The monoisotopic (exact) mass is 272 g/mol. The second-order valence-electron chi connectivity index (χ2n) is 4.12. The van der Waals surface area contributed by atoms with Crippen molar-refractivity contribution in [2.24, 2.45) is 5.73 Å². The zero-order chi connectivity index (χ0) is 13.5. The Morgan fingerprint density at radius 1 is 1.50 bits per heavy atom. The molecule has 1 heterocycles. The van der Waals surface area contributed by atoms with Crippen LogP contribution in [0, 0.1) is 0 Å². The molecule has 1 rings (SSSR count). The van der Waals surface area contributed by atoms with Gasteiger partial charge in [0.25, 0.3) is 0 Å². The van der Waals surface area contributed by atoms with Crippen molar-refractivity contribution in [2.45, 2.75) is 46.2 Å². The van der Waals surface area contributed by atoms with Crippen molar-refractivity contribution in [1.82, 2.24) is 15.1 Å². The zero-order valence-corrected chi connectivity index (χ0v) is 11.8. The number of primary amides is 1. The van der Waals surface area contributed by atoms with Crippen molar-refractivity contribution in [3.63, 3.8) is 0 Å². The van der Waals surface area contributed by atoms with E-state index < -0.39 is 0 Å². The standard InChI is InChI=1S/C12H21ClN4O/c1-3-9-12(13)10(17(4-2)16-9)8-15-7-5-6-11(14)18/h15H,3-8H2,1-2H3,(H2,14,18). The van der Waals surface area contributed by atoms with Crippen LogP contribution in [0.25, 0.3) is 0 Å². The largest absolute Gasteiger partial charge is 0.370 e. The van der Waals surface area contributed by atoms with Crippen molar-refractivity contribution >= 4 is 17.5 Å². The van der Waals surface area contributed by atoms with Gasteiger partial charge in [-0.25, -0.2) is 0 Å². The number of halogens is 1. The lowest BCUT2D eigenvalue weighted by molar-refractivity contribution is -0.118. The summed E-state index contributed by atoms with van der Waals surface area (Å²) in [6, 6.07) is 0. The summed E-state index contributed by atoms with van der Waals surface area (Å²) in [5.74, 6) is -0.262. The molecular formula is C12H21ClN4O. The van der Waals surface area contributed by atoms with E-state index in [2.05, 4.69) is 10.4 Å². The number of aryl methyl sites for hydroxylation is 2. The number of hydrogen-bond acceptors (Lipinski definition) is 3. The third kappa shape index (κ3) is 3.99. The van der Waals surface area contributed by atoms with Gasteiger partial charge < -0.3 is 11.1 Å². The molecule has 0 aromatic carbocycles. The van der Waals surface area contributed by atoms with E-state index in [0.717, 1.165) is 42.3 Å². The average molecular weight is 273 g/mol. The Labute approximate surface area is 113 Å². The molecule has 0 aliphatic carbocycles. The number of carbonyl (C=O) groups excluding carboxylic acids is 1. The van der Waals surface area contributed by atoms with Crippen LogP contribution in [-0.2, 0) is 24.3 Å². The van der Waals surface area contributed by atoms with Crippen molar-refractivity contribution in [3.8, 4) is 0 Å². The molecule has 1 aromatic heterocycles. The highest BCUT2D eigenvalue weighted by Crippen LogP contribution is 2.21. The number of nitrogens with one attached hydrogen (secondary N) is 1. The van der Waals surface area contributed by atoms with Crippen molar-refractivity contribution in [1.29, 1.82) is 0 Å². The van der Waals surface area contributed by atoms with E-state index in [9.17, 15) is 4.79 Å². The summed E-state index contributed by atoms with van der Waals surface area (Å²) < 4.78 is 1.92. The molecular weight excluding hydrogens is 252 g/mol. The number of hydrogen-bond donors (Lipinski definition) is 2. The highest BCUT2D eigenvalue weighted by molar-refractivity contribution is 6.31. The van der Waals surface area contributed by atoms with Gasteiger partial charge in [-0.05, 0) is 26.3 Å². The Hall–Kier alpha value is -1.07. The summed E-state index contributed by atoms with van der Waals surface area (Å²) in [6.07, 6.45) is 1.99. The summed E-state index contributed by atoms with van der Waals surface area (Å²) in [5.41, 5.74) is 7.02. The number of carbonyl (C=O) groups is 1. The Kier molecular flexibility index (Phi) is 6.15. The third-order valence-corrected chi connectivity index (χ3v) is 3.20. The zero-order valence-electron chi connectivity index (χ0n) is 11.0. The molecule has 0 saturated carbocycles. The lowest BCUT2D eigenvalue weighted by atomic mass is 10.2. The molecule has 0 saturated heterocycles. The van der Waals surface area contributed by atoms with Gasteiger partial charge in [-0.2, -0.15) is 5.10 Å². The van der Waals surface area contributed by atoms with Crippen molar-refractivity contribution < 1.29 is 4.79 Å². The maximum Gasteiger partial charge on any atom is 0.217 e. The normalized spacial score (nSPS) is 10.8. The van der Waals surface area contributed by atoms with Crippen LogP contribution in [0.4, 0.5) is 0 Å². The van der Waals surface area contributed by atoms with Crippen LogP contribution >= 0.6 is 11.6 Å². The number of nitrogens with zero attached hydrogens (tertiary/aromatic N) is 2. The molecule has 3 N–H and O–H groups in total. The van der Waals surface area contributed by atoms with E-state index in [1.807, 2.05) is 18.5 Å². The summed E-state index contributed by atoms with van der Waals surface area (Å²) in [7, 11) is 0. The molecule has 0 aliphatic heterocycles. The first kappa shape index (κ1) is 15.0. The van der Waals surface area contributed by atoms with Crippen LogP contribution in [0.15, 0.2) is 0 Å². The van der Waals surface area contributed by atoms with E-state index >= 15 is 0 Å². The minimum Gasteiger partial charge on any atom is -0.370 e. The molecule has 0 fully saturated rings. The number of aromatic nitrogens is 2. The predicted octanol–water partition coefficient (Wildman–Crippen LogP) is 1.47. The Balaban J connectivity index is 2.50. The highest BCUT2D eigenvalue weighted by atomic mass is 35.5. The minimum absolute atomic E-state index is 0.262. The van der Waals surface area contributed by atoms with Gasteiger partial charge in [0.15, 0.2) is 0 Å². The highest BCUT2D eigenvalue weighted by Gasteiger charge is 2.13. The average Bonchev–Trinajstić information content (AvgIpc) is 2.65. The molecule has 18 heavy (non-hydrogen) atoms. The topological polar surface area (TPSA) is 72.9 Å². The number of nitrogens with two attached hydrogens (primary N) is 1. The first-order valence-electron chi connectivity index (χ1n) is 6.33. The lowest BCUT2D eigenvalue weighted by Gasteiger charge is -2.06. The van der Waals surface area contributed by atoms with E-state index in [-0.39, 0.29) is 5.91 Å². The predicted molar refractivity (Wildman–Crippen MR) is 72.4 cm³/mol. The summed E-state index contributed by atoms with van der Waals surface area (Å²) in [4.78, 5) is 10.6. The van der Waals surface area contributed by atoms with Crippen molar-refractivity contribution in [2.75, 3.05) is 6.54 Å². The molecule has 5 nitrogen and oxygen atoms in total. The van der Waals surface area contributed by atoms with E-state index in [1.54, 1.807) is 0 Å². The van der Waals surface area contributed by atoms with Crippen LogP contribution in [0.1, 0.15) is 38.1 Å². The molecule has 0 atom stereocenters. The van der Waals surface area contributed by atoms with Gasteiger partial charge in [0.2, 0.25) is 5.91 Å². The number of amides is 1. The van der Waals surface area contributed by atoms with Crippen LogP contribution in [0.2, 0.25) is 5.02 Å². The van der Waals surface area contributed by atoms with Gasteiger partial charge in [-0.1, -0.05) is 18.5 Å². The Bertz CT molecular complexity index is 403. The van der Waals surface area contributed by atoms with E-state index in [0.29, 0.717) is 13.0 Å². The smallest absolute Gasteiger partial charge is 0.217 e. The molecule has 1 amide bonds. The Morgan fingerprint density at radius 3 is 2.78 bits per heavy atom. The molecule has 102 valence electrons. The first-order valence-corrected chi connectivity index (χ1v) is 6.71. The molecule has 0 bridgehead atoms. The van der Waals surface area contributed by atoms with Gasteiger partial charge in [0.05, 0.1) is 16.4 Å². The second-order valence-corrected chi connectivity index (χ2v) is 4.50. The fourth-order valence-electron chi connectivity index (χ4n) is 1.78. The van der Waals surface area contributed by atoms with Gasteiger partial charge in [0, 0.05) is 19.5 Å². The van der Waals surface area contributed by atoms with Crippen LogP contribution < -0.4 is 11.1 Å². The van der Waals surface area contributed by atoms with Crippen LogP contribution in [-0.4, -0.2) is 22.2 Å². The van der Waals surface area contributed by atoms with Gasteiger partial charge in [-0.3, -0.25) is 9.48 Å². The Morgan fingerprint density at radius 2 is 2.22 bits per heavy atom. The van der Waals surface area contributed by atoms with Gasteiger partial charge >= 0.3 is 0 Å². The number of rotatable bonds is 8. The summed E-state index contributed by atoms with van der Waals surface area (Å²) >= 11 is 6.27. The second kappa shape index (κ2) is 7.38. The molecule has 1 aromatic rings. The summed E-state index contributed by atoms with van der Waals surface area (Å²) in [5, 5.41) is 8.45.